The minimum absolute atomic E-state index is 0.0237. The Morgan fingerprint density at radius 3 is 3.07 bits per heavy atom. The Balaban J connectivity index is 2.83. The number of Topliss-reactive ketones (excluding diaryl/α,β-unsaturated/α-hetero) is 1. The van der Waals surface area contributed by atoms with E-state index in [1.54, 1.807) is 17.8 Å². The fourth-order valence-electron chi connectivity index (χ4n) is 0.946. The zero-order valence-corrected chi connectivity index (χ0v) is 9.36. The molecule has 76 valence electrons. The summed E-state index contributed by atoms with van der Waals surface area (Å²) in [5, 5.41) is 0.434. The first-order valence-electron chi connectivity index (χ1n) is 4.17. The number of pyridine rings is 1. The van der Waals surface area contributed by atoms with Gasteiger partial charge in [-0.15, -0.1) is 0 Å². The molecule has 0 aliphatic rings. The summed E-state index contributed by atoms with van der Waals surface area (Å²) in [6, 6.07) is 1.56. The molecule has 2 N–H and O–H groups in total. The molecule has 0 fully saturated rings. The van der Waals surface area contributed by atoms with Gasteiger partial charge >= 0.3 is 0 Å². The number of carbonyl (C=O) groups is 1. The zero-order chi connectivity index (χ0) is 10.6. The van der Waals surface area contributed by atoms with Crippen LogP contribution in [-0.2, 0) is 0 Å². The third kappa shape index (κ3) is 2.89. The summed E-state index contributed by atoms with van der Waals surface area (Å²) in [6.45, 7) is 2.00. The van der Waals surface area contributed by atoms with Crippen molar-refractivity contribution in [2.24, 2.45) is 0 Å². The van der Waals surface area contributed by atoms with E-state index in [-0.39, 0.29) is 11.6 Å². The van der Waals surface area contributed by atoms with Crippen molar-refractivity contribution in [2.75, 3.05) is 17.2 Å². The highest BCUT2D eigenvalue weighted by Crippen LogP contribution is 2.17. The van der Waals surface area contributed by atoms with Crippen LogP contribution in [0, 0.1) is 0 Å². The molecule has 1 aromatic rings. The number of nitrogen functional groups attached to an aromatic ring is 1. The third-order valence-corrected chi connectivity index (χ3v) is 2.70. The van der Waals surface area contributed by atoms with Gasteiger partial charge in [0.2, 0.25) is 0 Å². The molecule has 0 radical (unpaired) electrons. The molecule has 0 saturated heterocycles. The van der Waals surface area contributed by atoms with Crippen molar-refractivity contribution in [2.45, 2.75) is 6.92 Å². The smallest absolute Gasteiger partial charge is 0.176 e. The van der Waals surface area contributed by atoms with E-state index in [1.165, 1.54) is 6.20 Å². The van der Waals surface area contributed by atoms with Gasteiger partial charge in [-0.05, 0) is 11.8 Å². The third-order valence-electron chi connectivity index (χ3n) is 1.62. The van der Waals surface area contributed by atoms with Gasteiger partial charge in [0.25, 0.3) is 0 Å². The number of aromatic nitrogens is 1. The van der Waals surface area contributed by atoms with E-state index in [9.17, 15) is 4.79 Å². The summed E-state index contributed by atoms with van der Waals surface area (Å²) in [4.78, 5) is 15.4. The largest absolute Gasteiger partial charge is 0.383 e. The van der Waals surface area contributed by atoms with Gasteiger partial charge in [0.05, 0.1) is 16.3 Å². The van der Waals surface area contributed by atoms with Gasteiger partial charge in [-0.3, -0.25) is 4.79 Å². The van der Waals surface area contributed by atoms with E-state index in [0.29, 0.717) is 16.3 Å². The first-order valence-corrected chi connectivity index (χ1v) is 5.70. The van der Waals surface area contributed by atoms with Gasteiger partial charge in [0.15, 0.2) is 5.78 Å². The maximum absolute atomic E-state index is 11.6. The average molecular weight is 231 g/mol. The summed E-state index contributed by atoms with van der Waals surface area (Å²) in [6.07, 6.45) is 1.43. The number of anilines is 1. The first kappa shape index (κ1) is 11.3. The molecule has 1 aromatic heterocycles. The first-order chi connectivity index (χ1) is 6.65. The lowest BCUT2D eigenvalue weighted by molar-refractivity contribution is 0.102. The van der Waals surface area contributed by atoms with E-state index >= 15 is 0 Å². The molecule has 1 rings (SSSR count). The molecule has 0 atom stereocenters. The Bertz CT molecular complexity index is 344. The van der Waals surface area contributed by atoms with Crippen molar-refractivity contribution >= 4 is 35.0 Å². The second-order valence-electron chi connectivity index (χ2n) is 2.65. The van der Waals surface area contributed by atoms with Crippen molar-refractivity contribution in [1.82, 2.24) is 4.98 Å². The number of carbonyl (C=O) groups excluding carboxylic acids is 1. The number of thioether (sulfide) groups is 1. The molecule has 0 bridgehead atoms. The molecule has 1 heterocycles. The molecule has 0 amide bonds. The molecule has 0 saturated carbocycles. The highest BCUT2D eigenvalue weighted by molar-refractivity contribution is 7.99. The fourth-order valence-corrected chi connectivity index (χ4v) is 1.65. The second kappa shape index (κ2) is 5.22. The van der Waals surface area contributed by atoms with Crippen molar-refractivity contribution in [3.8, 4) is 0 Å². The highest BCUT2D eigenvalue weighted by atomic mass is 35.5. The normalized spacial score (nSPS) is 10.1. The Labute approximate surface area is 92.0 Å². The van der Waals surface area contributed by atoms with Gasteiger partial charge in [0.1, 0.15) is 5.82 Å². The average Bonchev–Trinajstić information content (AvgIpc) is 2.18. The lowest BCUT2D eigenvalue weighted by Crippen LogP contribution is -2.08. The molecule has 5 heteroatoms. The van der Waals surface area contributed by atoms with Gasteiger partial charge in [-0.2, -0.15) is 11.8 Å². The molecule has 0 aliphatic carbocycles. The summed E-state index contributed by atoms with van der Waals surface area (Å²) in [7, 11) is 0. The van der Waals surface area contributed by atoms with Crippen LogP contribution in [0.5, 0.6) is 0 Å². The molecule has 0 aromatic carbocycles. The van der Waals surface area contributed by atoms with Crippen LogP contribution >= 0.6 is 23.4 Å². The van der Waals surface area contributed by atoms with Gasteiger partial charge < -0.3 is 5.73 Å². The number of halogens is 1. The topological polar surface area (TPSA) is 56.0 Å². The molecule has 14 heavy (non-hydrogen) atoms. The van der Waals surface area contributed by atoms with Crippen molar-refractivity contribution in [3.63, 3.8) is 0 Å². The van der Waals surface area contributed by atoms with Gasteiger partial charge in [-0.1, -0.05) is 18.5 Å². The highest BCUT2D eigenvalue weighted by Gasteiger charge is 2.10. The van der Waals surface area contributed by atoms with Crippen LogP contribution in [0.4, 0.5) is 5.82 Å². The number of hydrogen-bond acceptors (Lipinski definition) is 4. The van der Waals surface area contributed by atoms with E-state index in [1.807, 2.05) is 6.92 Å². The number of nitrogens with two attached hydrogens (primary N) is 1. The van der Waals surface area contributed by atoms with Crippen LogP contribution < -0.4 is 5.73 Å². The summed E-state index contributed by atoms with van der Waals surface area (Å²) >= 11 is 7.27. The predicted octanol–water partition coefficient (Wildman–Crippen LogP) is 2.25. The van der Waals surface area contributed by atoms with Crippen molar-refractivity contribution in [3.05, 3.63) is 22.8 Å². The fraction of sp³-hybridized carbons (Fsp3) is 0.333. The van der Waals surface area contributed by atoms with E-state index < -0.39 is 0 Å². The summed E-state index contributed by atoms with van der Waals surface area (Å²) in [5.41, 5.74) is 5.98. The Morgan fingerprint density at radius 1 is 1.71 bits per heavy atom. The van der Waals surface area contributed by atoms with Gasteiger partial charge in [-0.25, -0.2) is 4.98 Å². The van der Waals surface area contributed by atoms with Crippen LogP contribution in [-0.4, -0.2) is 22.3 Å². The Hall–Kier alpha value is -0.740. The molecule has 0 aliphatic heterocycles. The lowest BCUT2D eigenvalue weighted by atomic mass is 10.2. The maximum atomic E-state index is 11.6. The SMILES string of the molecule is CCSCC(=O)c1cc(Cl)cnc1N. The predicted molar refractivity (Wildman–Crippen MR) is 61.0 cm³/mol. The van der Waals surface area contributed by atoms with Crippen LogP contribution in [0.1, 0.15) is 17.3 Å². The van der Waals surface area contributed by atoms with Crippen LogP contribution in [0.15, 0.2) is 12.3 Å². The van der Waals surface area contributed by atoms with E-state index in [2.05, 4.69) is 4.98 Å². The van der Waals surface area contributed by atoms with Crippen molar-refractivity contribution in [1.29, 1.82) is 0 Å². The molecular formula is C9H11ClN2OS. The Kier molecular flexibility index (Phi) is 4.22. The van der Waals surface area contributed by atoms with E-state index in [0.717, 1.165) is 5.75 Å². The van der Waals surface area contributed by atoms with Crippen LogP contribution in [0.3, 0.4) is 0 Å². The molecule has 0 spiro atoms. The standard InChI is InChI=1S/C9H11ClN2OS/c1-2-14-5-8(13)7-3-6(10)4-12-9(7)11/h3-4H,2,5H2,1H3,(H2,11,12). The second-order valence-corrected chi connectivity index (χ2v) is 4.36. The summed E-state index contributed by atoms with van der Waals surface area (Å²) in [5.74, 6) is 1.54. The van der Waals surface area contributed by atoms with Crippen molar-refractivity contribution < 1.29 is 4.79 Å². The monoisotopic (exact) mass is 230 g/mol. The number of ketones is 1. The number of hydrogen-bond donors (Lipinski definition) is 1. The quantitative estimate of drug-likeness (QED) is 0.807. The lowest BCUT2D eigenvalue weighted by Gasteiger charge is -2.03. The van der Waals surface area contributed by atoms with Gasteiger partial charge in [0, 0.05) is 6.20 Å². The molecular weight excluding hydrogens is 220 g/mol. The minimum Gasteiger partial charge on any atom is -0.383 e. The number of rotatable bonds is 4. The van der Waals surface area contributed by atoms with Crippen LogP contribution in [0.25, 0.3) is 0 Å². The summed E-state index contributed by atoms with van der Waals surface area (Å²) < 4.78 is 0. The molecule has 3 nitrogen and oxygen atoms in total. The maximum Gasteiger partial charge on any atom is 0.176 e. The zero-order valence-electron chi connectivity index (χ0n) is 7.79. The van der Waals surface area contributed by atoms with Crippen LogP contribution in [0.2, 0.25) is 5.02 Å². The number of nitrogens with zero attached hydrogens (tertiary/aromatic N) is 1. The minimum atomic E-state index is -0.0237. The Morgan fingerprint density at radius 2 is 2.43 bits per heavy atom. The molecule has 0 unspecified atom stereocenters. The van der Waals surface area contributed by atoms with E-state index in [4.69, 9.17) is 17.3 Å².